The number of aliphatic hydroxyl groups excluding tert-OH is 1. The van der Waals surface area contributed by atoms with E-state index >= 15 is 0 Å². The highest BCUT2D eigenvalue weighted by molar-refractivity contribution is 5.78. The van der Waals surface area contributed by atoms with Crippen molar-refractivity contribution in [2.75, 3.05) is 19.7 Å². The molecule has 1 unspecified atom stereocenters. The van der Waals surface area contributed by atoms with Crippen LogP contribution in [0.2, 0.25) is 0 Å². The third kappa shape index (κ3) is 5.31. The van der Waals surface area contributed by atoms with Crippen LogP contribution in [0.3, 0.4) is 0 Å². The molecule has 0 saturated heterocycles. The zero-order valence-corrected chi connectivity index (χ0v) is 12.7. The van der Waals surface area contributed by atoms with Crippen molar-refractivity contribution >= 4 is 5.91 Å². The summed E-state index contributed by atoms with van der Waals surface area (Å²) in [4.78, 5) is 13.9. The van der Waals surface area contributed by atoms with Crippen molar-refractivity contribution in [3.63, 3.8) is 0 Å². The first-order valence-electron chi connectivity index (χ1n) is 7.24. The van der Waals surface area contributed by atoms with Gasteiger partial charge in [-0.25, -0.2) is 0 Å². The summed E-state index contributed by atoms with van der Waals surface area (Å²) in [6.07, 6.45) is 0. The quantitative estimate of drug-likeness (QED) is 0.760. The van der Waals surface area contributed by atoms with E-state index in [2.05, 4.69) is 19.2 Å². The number of carbonyl (C=O) groups excluding carboxylic acids is 1. The van der Waals surface area contributed by atoms with Gasteiger partial charge in [0.05, 0.1) is 13.2 Å². The van der Waals surface area contributed by atoms with Gasteiger partial charge >= 0.3 is 0 Å². The molecule has 0 aliphatic carbocycles. The van der Waals surface area contributed by atoms with E-state index in [-0.39, 0.29) is 24.5 Å². The van der Waals surface area contributed by atoms with Gasteiger partial charge in [0.2, 0.25) is 5.91 Å². The number of hydrogen-bond acceptors (Lipinski definition) is 3. The fraction of sp³-hybridized carbons (Fsp3) is 0.562. The van der Waals surface area contributed by atoms with Gasteiger partial charge in [-0.05, 0) is 18.4 Å². The SMILES string of the molecule is CCNC(=O)CN(Cc1ccccc1)C(CO)C(C)C. The van der Waals surface area contributed by atoms with E-state index in [1.807, 2.05) is 42.2 Å². The first-order chi connectivity index (χ1) is 9.58. The second-order valence-electron chi connectivity index (χ2n) is 5.34. The van der Waals surface area contributed by atoms with E-state index in [0.717, 1.165) is 5.56 Å². The van der Waals surface area contributed by atoms with Crippen molar-refractivity contribution < 1.29 is 9.90 Å². The Kier molecular flexibility index (Phi) is 7.26. The molecule has 0 aliphatic heterocycles. The second kappa shape index (κ2) is 8.72. The molecule has 2 N–H and O–H groups in total. The van der Waals surface area contributed by atoms with Gasteiger partial charge < -0.3 is 10.4 Å². The van der Waals surface area contributed by atoms with Crippen LogP contribution in [0.4, 0.5) is 0 Å². The maximum absolute atomic E-state index is 11.9. The molecule has 1 aromatic rings. The molecule has 1 rings (SSSR count). The zero-order chi connectivity index (χ0) is 15.0. The summed E-state index contributed by atoms with van der Waals surface area (Å²) < 4.78 is 0. The van der Waals surface area contributed by atoms with Gasteiger partial charge in [0.25, 0.3) is 0 Å². The third-order valence-electron chi connectivity index (χ3n) is 3.37. The minimum Gasteiger partial charge on any atom is -0.395 e. The molecule has 4 nitrogen and oxygen atoms in total. The Morgan fingerprint density at radius 3 is 2.45 bits per heavy atom. The van der Waals surface area contributed by atoms with E-state index in [1.54, 1.807) is 0 Å². The van der Waals surface area contributed by atoms with Crippen LogP contribution in [0.1, 0.15) is 26.3 Å². The van der Waals surface area contributed by atoms with E-state index in [0.29, 0.717) is 19.6 Å². The van der Waals surface area contributed by atoms with Crippen molar-refractivity contribution in [1.29, 1.82) is 0 Å². The molecule has 0 spiro atoms. The molecule has 0 saturated carbocycles. The maximum atomic E-state index is 11.9. The number of hydrogen-bond donors (Lipinski definition) is 2. The Morgan fingerprint density at radius 2 is 1.95 bits per heavy atom. The van der Waals surface area contributed by atoms with E-state index in [1.165, 1.54) is 0 Å². The molecule has 0 bridgehead atoms. The van der Waals surface area contributed by atoms with Crippen LogP contribution < -0.4 is 5.32 Å². The molecule has 1 atom stereocenters. The van der Waals surface area contributed by atoms with Gasteiger partial charge in [0.15, 0.2) is 0 Å². The Bertz CT molecular complexity index is 393. The summed E-state index contributed by atoms with van der Waals surface area (Å²) in [5, 5.41) is 12.4. The normalized spacial score (nSPS) is 12.7. The van der Waals surface area contributed by atoms with Crippen molar-refractivity contribution in [2.24, 2.45) is 5.92 Å². The summed E-state index contributed by atoms with van der Waals surface area (Å²) >= 11 is 0. The minimum absolute atomic E-state index is 0.00234. The van der Waals surface area contributed by atoms with Crippen LogP contribution >= 0.6 is 0 Å². The molecular formula is C16H26N2O2. The fourth-order valence-corrected chi connectivity index (χ4v) is 2.29. The summed E-state index contributed by atoms with van der Waals surface area (Å²) in [6, 6.07) is 10.0. The largest absolute Gasteiger partial charge is 0.395 e. The topological polar surface area (TPSA) is 52.6 Å². The van der Waals surface area contributed by atoms with E-state index in [9.17, 15) is 9.90 Å². The molecule has 20 heavy (non-hydrogen) atoms. The lowest BCUT2D eigenvalue weighted by molar-refractivity contribution is -0.123. The average Bonchev–Trinajstić information content (AvgIpc) is 2.40. The number of carbonyl (C=O) groups is 1. The molecule has 0 aromatic heterocycles. The highest BCUT2D eigenvalue weighted by atomic mass is 16.3. The van der Waals surface area contributed by atoms with Gasteiger partial charge in [-0.1, -0.05) is 44.2 Å². The van der Waals surface area contributed by atoms with Gasteiger partial charge in [-0.15, -0.1) is 0 Å². The number of rotatable bonds is 8. The van der Waals surface area contributed by atoms with Crippen LogP contribution in [0, 0.1) is 5.92 Å². The second-order valence-corrected chi connectivity index (χ2v) is 5.34. The fourth-order valence-electron chi connectivity index (χ4n) is 2.29. The number of amides is 1. The predicted octanol–water partition coefficient (Wildman–Crippen LogP) is 1.64. The molecule has 0 heterocycles. The molecule has 0 radical (unpaired) electrons. The van der Waals surface area contributed by atoms with Crippen LogP contribution in [0.5, 0.6) is 0 Å². The Hall–Kier alpha value is -1.39. The number of nitrogens with one attached hydrogen (secondary N) is 1. The number of aliphatic hydroxyl groups is 1. The smallest absolute Gasteiger partial charge is 0.234 e. The van der Waals surface area contributed by atoms with Gasteiger partial charge in [-0.2, -0.15) is 0 Å². The minimum atomic E-state index is -0.0159. The first kappa shape index (κ1) is 16.7. The van der Waals surface area contributed by atoms with E-state index in [4.69, 9.17) is 0 Å². The highest BCUT2D eigenvalue weighted by Gasteiger charge is 2.23. The highest BCUT2D eigenvalue weighted by Crippen LogP contribution is 2.14. The van der Waals surface area contributed by atoms with Crippen LogP contribution in [0.25, 0.3) is 0 Å². The Morgan fingerprint density at radius 1 is 1.30 bits per heavy atom. The molecule has 112 valence electrons. The van der Waals surface area contributed by atoms with Crippen LogP contribution in [0.15, 0.2) is 30.3 Å². The van der Waals surface area contributed by atoms with Crippen molar-refractivity contribution in [2.45, 2.75) is 33.4 Å². The lowest BCUT2D eigenvalue weighted by Crippen LogP contribution is -2.46. The molecule has 1 aromatic carbocycles. The van der Waals surface area contributed by atoms with Crippen molar-refractivity contribution in [3.05, 3.63) is 35.9 Å². The average molecular weight is 278 g/mol. The zero-order valence-electron chi connectivity index (χ0n) is 12.7. The maximum Gasteiger partial charge on any atom is 0.234 e. The van der Waals surface area contributed by atoms with Crippen LogP contribution in [-0.4, -0.2) is 41.7 Å². The van der Waals surface area contributed by atoms with Gasteiger partial charge in [0, 0.05) is 19.1 Å². The third-order valence-corrected chi connectivity index (χ3v) is 3.37. The van der Waals surface area contributed by atoms with Crippen molar-refractivity contribution in [3.8, 4) is 0 Å². The lowest BCUT2D eigenvalue weighted by atomic mass is 10.0. The Labute approximate surface area is 121 Å². The van der Waals surface area contributed by atoms with Gasteiger partial charge in [0.1, 0.15) is 0 Å². The number of nitrogens with zero attached hydrogens (tertiary/aromatic N) is 1. The lowest BCUT2D eigenvalue weighted by Gasteiger charge is -2.32. The summed E-state index contributed by atoms with van der Waals surface area (Å²) in [5.74, 6) is 0.292. The summed E-state index contributed by atoms with van der Waals surface area (Å²) in [5.41, 5.74) is 1.15. The standard InChI is InChI=1S/C16H26N2O2/c1-4-17-16(20)11-18(15(12-19)13(2)3)10-14-8-6-5-7-9-14/h5-9,13,15,19H,4,10-12H2,1-3H3,(H,17,20). The molecule has 4 heteroatoms. The van der Waals surface area contributed by atoms with Crippen molar-refractivity contribution in [1.82, 2.24) is 10.2 Å². The number of likely N-dealkylation sites (N-methyl/N-ethyl adjacent to an activating group) is 1. The van der Waals surface area contributed by atoms with Crippen LogP contribution in [-0.2, 0) is 11.3 Å². The Balaban J connectivity index is 2.80. The summed E-state index contributed by atoms with van der Waals surface area (Å²) in [6.45, 7) is 7.71. The monoisotopic (exact) mass is 278 g/mol. The first-order valence-corrected chi connectivity index (χ1v) is 7.24. The van der Waals surface area contributed by atoms with E-state index < -0.39 is 0 Å². The van der Waals surface area contributed by atoms with Gasteiger partial charge in [-0.3, -0.25) is 9.69 Å². The summed E-state index contributed by atoms with van der Waals surface area (Å²) in [7, 11) is 0. The number of benzene rings is 1. The molecule has 1 amide bonds. The molecular weight excluding hydrogens is 252 g/mol. The molecule has 0 aliphatic rings. The predicted molar refractivity (Wildman–Crippen MR) is 81.2 cm³/mol. The molecule has 0 fully saturated rings.